The van der Waals surface area contributed by atoms with E-state index in [1.165, 1.54) is 24.9 Å². The minimum absolute atomic E-state index is 0.167. The zero-order valence-corrected chi connectivity index (χ0v) is 10.9. The number of hydrogen-bond donors (Lipinski definition) is 1. The SMILES string of the molecule is C=C.Cc1ncc(-c2ncnn2CC(C)(C)F)[nH]1. The molecule has 0 amide bonds. The molecule has 98 valence electrons. The van der Waals surface area contributed by atoms with Gasteiger partial charge in [-0.2, -0.15) is 5.10 Å². The minimum atomic E-state index is -1.32. The van der Waals surface area contributed by atoms with Gasteiger partial charge in [0.1, 0.15) is 23.5 Å². The Kier molecular flexibility index (Phi) is 4.36. The lowest BCUT2D eigenvalue weighted by molar-refractivity contribution is 0.180. The molecule has 5 nitrogen and oxygen atoms in total. The van der Waals surface area contributed by atoms with Crippen LogP contribution in [0.4, 0.5) is 4.39 Å². The van der Waals surface area contributed by atoms with E-state index in [0.717, 1.165) is 11.5 Å². The Morgan fingerprint density at radius 3 is 2.56 bits per heavy atom. The van der Waals surface area contributed by atoms with Crippen molar-refractivity contribution in [2.75, 3.05) is 0 Å². The number of rotatable bonds is 3. The first-order chi connectivity index (χ1) is 8.46. The lowest BCUT2D eigenvalue weighted by Crippen LogP contribution is -2.22. The average molecular weight is 251 g/mol. The van der Waals surface area contributed by atoms with Crippen molar-refractivity contribution in [1.82, 2.24) is 24.7 Å². The second kappa shape index (κ2) is 5.57. The van der Waals surface area contributed by atoms with Crippen LogP contribution < -0.4 is 0 Å². The van der Waals surface area contributed by atoms with Crippen molar-refractivity contribution in [3.8, 4) is 11.5 Å². The molecule has 2 aromatic rings. The van der Waals surface area contributed by atoms with Crippen molar-refractivity contribution >= 4 is 0 Å². The van der Waals surface area contributed by atoms with Crippen LogP contribution in [-0.4, -0.2) is 30.4 Å². The predicted molar refractivity (Wildman–Crippen MR) is 68.8 cm³/mol. The standard InChI is InChI=1S/C10H14FN5.C2H4/c1-7-12-4-8(15-7)9-13-6-14-16(9)5-10(2,3)11;1-2/h4,6H,5H2,1-3H3,(H,12,15);1-2H2. The van der Waals surface area contributed by atoms with Gasteiger partial charge in [0.2, 0.25) is 0 Å². The lowest BCUT2D eigenvalue weighted by atomic mass is 10.2. The molecule has 6 heteroatoms. The molecule has 0 bridgehead atoms. The smallest absolute Gasteiger partial charge is 0.176 e. The molecule has 0 fully saturated rings. The zero-order valence-electron chi connectivity index (χ0n) is 10.9. The molecular formula is C12H18FN5. The highest BCUT2D eigenvalue weighted by molar-refractivity contribution is 5.47. The number of aryl methyl sites for hydroxylation is 1. The summed E-state index contributed by atoms with van der Waals surface area (Å²) in [5.41, 5.74) is -0.573. The van der Waals surface area contributed by atoms with Gasteiger partial charge in [-0.3, -0.25) is 0 Å². The molecule has 0 saturated carbocycles. The lowest BCUT2D eigenvalue weighted by Gasteiger charge is -2.14. The summed E-state index contributed by atoms with van der Waals surface area (Å²) in [5.74, 6) is 1.40. The van der Waals surface area contributed by atoms with Crippen LogP contribution in [0.2, 0.25) is 0 Å². The summed E-state index contributed by atoms with van der Waals surface area (Å²) in [5, 5.41) is 4.00. The maximum absolute atomic E-state index is 13.5. The highest BCUT2D eigenvalue weighted by Crippen LogP contribution is 2.17. The van der Waals surface area contributed by atoms with E-state index in [4.69, 9.17) is 0 Å². The molecule has 0 saturated heterocycles. The first-order valence-electron chi connectivity index (χ1n) is 5.54. The maximum atomic E-state index is 13.5. The van der Waals surface area contributed by atoms with Crippen LogP contribution in [0, 0.1) is 6.92 Å². The highest BCUT2D eigenvalue weighted by Gasteiger charge is 2.20. The molecule has 0 spiro atoms. The Balaban J connectivity index is 0.000000771. The van der Waals surface area contributed by atoms with E-state index in [1.54, 1.807) is 6.20 Å². The number of aromatic amines is 1. The van der Waals surface area contributed by atoms with Gasteiger partial charge in [0, 0.05) is 0 Å². The molecule has 0 aliphatic heterocycles. The van der Waals surface area contributed by atoms with Crippen LogP contribution >= 0.6 is 0 Å². The van der Waals surface area contributed by atoms with Crippen molar-refractivity contribution in [1.29, 1.82) is 0 Å². The number of aromatic nitrogens is 5. The first-order valence-corrected chi connectivity index (χ1v) is 5.54. The van der Waals surface area contributed by atoms with Gasteiger partial charge in [-0.05, 0) is 20.8 Å². The predicted octanol–water partition coefficient (Wildman–Crippen LogP) is 2.53. The fourth-order valence-corrected chi connectivity index (χ4v) is 1.48. The summed E-state index contributed by atoms with van der Waals surface area (Å²) in [7, 11) is 0. The number of halogens is 1. The Morgan fingerprint density at radius 1 is 1.39 bits per heavy atom. The zero-order chi connectivity index (χ0) is 13.8. The largest absolute Gasteiger partial charge is 0.340 e. The van der Waals surface area contributed by atoms with Gasteiger partial charge in [-0.1, -0.05) is 0 Å². The summed E-state index contributed by atoms with van der Waals surface area (Å²) in [6, 6.07) is 0. The summed E-state index contributed by atoms with van der Waals surface area (Å²) in [6.45, 7) is 11.0. The molecule has 1 N–H and O–H groups in total. The van der Waals surface area contributed by atoms with E-state index >= 15 is 0 Å². The van der Waals surface area contributed by atoms with Crippen molar-refractivity contribution in [3.05, 3.63) is 31.5 Å². The van der Waals surface area contributed by atoms with Crippen LogP contribution in [-0.2, 0) is 6.54 Å². The third kappa shape index (κ3) is 3.51. The van der Waals surface area contributed by atoms with Gasteiger partial charge >= 0.3 is 0 Å². The van der Waals surface area contributed by atoms with E-state index in [9.17, 15) is 4.39 Å². The molecule has 0 atom stereocenters. The van der Waals surface area contributed by atoms with Gasteiger partial charge in [0.05, 0.1) is 12.7 Å². The van der Waals surface area contributed by atoms with Gasteiger partial charge in [0.25, 0.3) is 0 Å². The van der Waals surface area contributed by atoms with Crippen molar-refractivity contribution in [2.24, 2.45) is 0 Å². The van der Waals surface area contributed by atoms with Gasteiger partial charge in [-0.15, -0.1) is 13.2 Å². The van der Waals surface area contributed by atoms with E-state index < -0.39 is 5.67 Å². The van der Waals surface area contributed by atoms with E-state index in [-0.39, 0.29) is 6.54 Å². The average Bonchev–Trinajstić information content (AvgIpc) is 2.88. The first kappa shape index (κ1) is 14.1. The molecule has 2 aromatic heterocycles. The maximum Gasteiger partial charge on any atom is 0.176 e. The number of H-pyrrole nitrogens is 1. The normalized spacial score (nSPS) is 10.9. The van der Waals surface area contributed by atoms with Crippen molar-refractivity contribution in [2.45, 2.75) is 33.0 Å². The molecule has 0 aromatic carbocycles. The second-order valence-electron chi connectivity index (χ2n) is 4.34. The summed E-state index contributed by atoms with van der Waals surface area (Å²) in [6.07, 6.45) is 3.08. The van der Waals surface area contributed by atoms with Gasteiger partial charge in [-0.25, -0.2) is 19.0 Å². The Hall–Kier alpha value is -1.98. The number of alkyl halides is 1. The fourth-order valence-electron chi connectivity index (χ4n) is 1.48. The summed E-state index contributed by atoms with van der Waals surface area (Å²) >= 11 is 0. The third-order valence-electron chi connectivity index (χ3n) is 2.09. The molecular weight excluding hydrogens is 233 g/mol. The molecule has 0 aliphatic rings. The number of nitrogens with one attached hydrogen (secondary N) is 1. The van der Waals surface area contributed by atoms with Crippen LogP contribution in [0.1, 0.15) is 19.7 Å². The van der Waals surface area contributed by atoms with Crippen molar-refractivity contribution < 1.29 is 4.39 Å². The Labute approximate surface area is 106 Å². The van der Waals surface area contributed by atoms with Crippen molar-refractivity contribution in [3.63, 3.8) is 0 Å². The Morgan fingerprint density at radius 2 is 2.06 bits per heavy atom. The molecule has 18 heavy (non-hydrogen) atoms. The molecule has 2 heterocycles. The second-order valence-corrected chi connectivity index (χ2v) is 4.34. The molecule has 0 unspecified atom stereocenters. The summed E-state index contributed by atoms with van der Waals surface area (Å²) in [4.78, 5) is 11.2. The monoisotopic (exact) mass is 251 g/mol. The highest BCUT2D eigenvalue weighted by atomic mass is 19.1. The quantitative estimate of drug-likeness (QED) is 0.853. The van der Waals surface area contributed by atoms with Crippen LogP contribution in [0.15, 0.2) is 25.7 Å². The van der Waals surface area contributed by atoms with Crippen LogP contribution in [0.3, 0.4) is 0 Å². The topological polar surface area (TPSA) is 59.4 Å². The van der Waals surface area contributed by atoms with E-state index in [1.807, 2.05) is 6.92 Å². The van der Waals surface area contributed by atoms with Gasteiger partial charge in [0.15, 0.2) is 5.82 Å². The third-order valence-corrected chi connectivity index (χ3v) is 2.09. The van der Waals surface area contributed by atoms with Crippen LogP contribution in [0.5, 0.6) is 0 Å². The number of hydrogen-bond acceptors (Lipinski definition) is 3. The molecule has 0 radical (unpaired) electrons. The van der Waals surface area contributed by atoms with E-state index in [2.05, 4.69) is 33.2 Å². The van der Waals surface area contributed by atoms with Crippen LogP contribution in [0.25, 0.3) is 11.5 Å². The number of imidazole rings is 1. The molecule has 2 rings (SSSR count). The molecule has 0 aliphatic carbocycles. The minimum Gasteiger partial charge on any atom is -0.340 e. The Bertz CT molecular complexity index is 495. The number of nitrogens with zero attached hydrogens (tertiary/aromatic N) is 4. The summed E-state index contributed by atoms with van der Waals surface area (Å²) < 4.78 is 15.1. The van der Waals surface area contributed by atoms with E-state index in [0.29, 0.717) is 5.82 Å². The van der Waals surface area contributed by atoms with Gasteiger partial charge < -0.3 is 4.98 Å². The fraction of sp³-hybridized carbons (Fsp3) is 0.417.